The molecule has 1 aliphatic carbocycles. The topological polar surface area (TPSA) is 29.0 Å². The number of anilines is 3. The Balaban J connectivity index is 1.52. The van der Waals surface area contributed by atoms with Crippen LogP contribution in [0.3, 0.4) is 0 Å². The molecule has 0 radical (unpaired) electrons. The Morgan fingerprint density at radius 3 is 2.39 bits per heavy atom. The Kier molecular flexibility index (Phi) is 2.64. The minimum absolute atomic E-state index is 0.904. The lowest BCUT2D eigenvalue weighted by molar-refractivity contribution is 0.967. The van der Waals surface area contributed by atoms with Gasteiger partial charge in [-0.05, 0) is 63.1 Å². The minimum Gasteiger partial charge on any atom is -0.309 e. The SMILES string of the molecule is c1ccc2c(c1)Cc1c-2ccc2c1Cc1cncc3c1N2c1ccncc1C3. The highest BCUT2D eigenvalue weighted by Gasteiger charge is 2.34. The molecule has 0 bridgehead atoms. The summed E-state index contributed by atoms with van der Waals surface area (Å²) >= 11 is 0. The van der Waals surface area contributed by atoms with E-state index < -0.39 is 0 Å². The van der Waals surface area contributed by atoms with E-state index in [1.54, 1.807) is 0 Å². The molecule has 2 aliphatic heterocycles. The third kappa shape index (κ3) is 1.74. The van der Waals surface area contributed by atoms with Crippen molar-refractivity contribution in [1.29, 1.82) is 0 Å². The van der Waals surface area contributed by atoms with Crippen molar-refractivity contribution in [1.82, 2.24) is 9.97 Å². The number of fused-ring (bicyclic) bond motifs is 8. The van der Waals surface area contributed by atoms with Crippen LogP contribution in [0.15, 0.2) is 67.3 Å². The quantitative estimate of drug-likeness (QED) is 0.367. The van der Waals surface area contributed by atoms with E-state index in [1.807, 2.05) is 18.6 Å². The number of benzene rings is 2. The first-order valence-electron chi connectivity index (χ1n) is 9.80. The molecule has 7 rings (SSSR count). The fourth-order valence-electron chi connectivity index (χ4n) is 5.30. The molecule has 0 atom stereocenters. The van der Waals surface area contributed by atoms with Crippen molar-refractivity contribution >= 4 is 17.1 Å². The first-order valence-corrected chi connectivity index (χ1v) is 9.80. The molecule has 2 aromatic carbocycles. The van der Waals surface area contributed by atoms with Gasteiger partial charge in [0, 0.05) is 37.6 Å². The number of nitrogens with zero attached hydrogens (tertiary/aromatic N) is 3. The van der Waals surface area contributed by atoms with Crippen LogP contribution in [0, 0.1) is 0 Å². The average molecular weight is 359 g/mol. The molecule has 132 valence electrons. The molecule has 3 aliphatic rings. The van der Waals surface area contributed by atoms with Crippen molar-refractivity contribution in [2.75, 3.05) is 4.90 Å². The second-order valence-electron chi connectivity index (χ2n) is 7.92. The zero-order valence-corrected chi connectivity index (χ0v) is 15.3. The van der Waals surface area contributed by atoms with Crippen LogP contribution in [0.4, 0.5) is 17.1 Å². The predicted molar refractivity (Wildman–Crippen MR) is 111 cm³/mol. The van der Waals surface area contributed by atoms with E-state index in [0.29, 0.717) is 0 Å². The van der Waals surface area contributed by atoms with Crippen molar-refractivity contribution in [3.63, 3.8) is 0 Å². The van der Waals surface area contributed by atoms with E-state index in [2.05, 4.69) is 63.5 Å². The normalized spacial score (nSPS) is 14.6. The zero-order valence-electron chi connectivity index (χ0n) is 15.3. The molecule has 0 N–H and O–H groups in total. The van der Waals surface area contributed by atoms with Gasteiger partial charge in [-0.15, -0.1) is 0 Å². The van der Waals surface area contributed by atoms with Crippen LogP contribution in [0.1, 0.15) is 33.4 Å². The van der Waals surface area contributed by atoms with E-state index >= 15 is 0 Å². The van der Waals surface area contributed by atoms with Crippen LogP contribution >= 0.6 is 0 Å². The Labute approximate surface area is 163 Å². The summed E-state index contributed by atoms with van der Waals surface area (Å²) in [6.45, 7) is 0. The van der Waals surface area contributed by atoms with Crippen LogP contribution in [-0.4, -0.2) is 9.97 Å². The maximum absolute atomic E-state index is 4.57. The first kappa shape index (κ1) is 14.6. The molecule has 4 heterocycles. The zero-order chi connectivity index (χ0) is 18.2. The molecule has 0 saturated heterocycles. The first-order chi connectivity index (χ1) is 13.9. The minimum atomic E-state index is 0.904. The monoisotopic (exact) mass is 359 g/mol. The van der Waals surface area contributed by atoms with E-state index in [0.717, 1.165) is 19.3 Å². The standard InChI is InChI=1S/C25H17N3/c1-2-4-19-15(3-1)10-21-20(19)5-6-24-22(21)11-18-14-27-13-17-9-16-12-26-8-7-23(16)28(24)25(17)18/h1-8,12-14H,9-11H2. The van der Waals surface area contributed by atoms with E-state index in [9.17, 15) is 0 Å². The third-order valence-electron chi connectivity index (χ3n) is 6.48. The fourth-order valence-corrected chi connectivity index (χ4v) is 5.30. The van der Waals surface area contributed by atoms with Gasteiger partial charge in [0.05, 0.1) is 17.1 Å². The maximum atomic E-state index is 4.57. The van der Waals surface area contributed by atoms with Crippen LogP contribution in [-0.2, 0) is 19.3 Å². The Morgan fingerprint density at radius 1 is 0.607 bits per heavy atom. The largest absolute Gasteiger partial charge is 0.309 e. The van der Waals surface area contributed by atoms with Gasteiger partial charge in [0.1, 0.15) is 0 Å². The second-order valence-corrected chi connectivity index (χ2v) is 7.92. The highest BCUT2D eigenvalue weighted by atomic mass is 15.2. The molecule has 0 unspecified atom stereocenters. The molecule has 0 saturated carbocycles. The summed E-state index contributed by atoms with van der Waals surface area (Å²) in [5.41, 5.74) is 15.0. The summed E-state index contributed by atoms with van der Waals surface area (Å²) in [6.07, 6.45) is 10.9. The van der Waals surface area contributed by atoms with Crippen molar-refractivity contribution in [3.8, 4) is 11.1 Å². The number of aromatic nitrogens is 2. The molecule has 3 nitrogen and oxygen atoms in total. The van der Waals surface area contributed by atoms with E-state index in [-0.39, 0.29) is 0 Å². The Hall–Kier alpha value is -3.46. The summed E-state index contributed by atoms with van der Waals surface area (Å²) in [6, 6.07) is 15.6. The van der Waals surface area contributed by atoms with Crippen molar-refractivity contribution in [3.05, 3.63) is 101 Å². The lowest BCUT2D eigenvalue weighted by Gasteiger charge is -2.39. The van der Waals surface area contributed by atoms with E-state index in [1.165, 1.54) is 61.6 Å². The number of rotatable bonds is 0. The number of hydrogen-bond acceptors (Lipinski definition) is 3. The number of pyridine rings is 2. The van der Waals surface area contributed by atoms with E-state index in [4.69, 9.17) is 0 Å². The summed E-state index contributed by atoms with van der Waals surface area (Å²) < 4.78 is 0. The predicted octanol–water partition coefficient (Wildman–Crippen LogP) is 5.33. The molecule has 28 heavy (non-hydrogen) atoms. The van der Waals surface area contributed by atoms with Gasteiger partial charge in [0.15, 0.2) is 0 Å². The molecule has 0 amide bonds. The van der Waals surface area contributed by atoms with Gasteiger partial charge in [-0.2, -0.15) is 0 Å². The summed E-state index contributed by atoms with van der Waals surface area (Å²) in [5, 5.41) is 0. The molecular weight excluding hydrogens is 342 g/mol. The van der Waals surface area contributed by atoms with Gasteiger partial charge in [-0.3, -0.25) is 9.97 Å². The Bertz CT molecular complexity index is 1310. The molecule has 3 heteroatoms. The Morgan fingerprint density at radius 2 is 1.43 bits per heavy atom. The van der Waals surface area contributed by atoms with Gasteiger partial charge in [0.25, 0.3) is 0 Å². The lowest BCUT2D eigenvalue weighted by Crippen LogP contribution is -2.25. The van der Waals surface area contributed by atoms with Gasteiger partial charge < -0.3 is 4.90 Å². The smallest absolute Gasteiger partial charge is 0.0563 e. The van der Waals surface area contributed by atoms with Gasteiger partial charge in [0.2, 0.25) is 0 Å². The average Bonchev–Trinajstić information content (AvgIpc) is 3.13. The van der Waals surface area contributed by atoms with Crippen LogP contribution in [0.5, 0.6) is 0 Å². The summed E-state index contributed by atoms with van der Waals surface area (Å²) in [5.74, 6) is 0. The van der Waals surface area contributed by atoms with Crippen molar-refractivity contribution in [2.45, 2.75) is 19.3 Å². The third-order valence-corrected chi connectivity index (χ3v) is 6.48. The van der Waals surface area contributed by atoms with Gasteiger partial charge >= 0.3 is 0 Å². The molecule has 2 aromatic heterocycles. The second kappa shape index (κ2) is 5.08. The fraction of sp³-hybridized carbons (Fsp3) is 0.120. The summed E-state index contributed by atoms with van der Waals surface area (Å²) in [4.78, 5) is 11.4. The van der Waals surface area contributed by atoms with Gasteiger partial charge in [-0.1, -0.05) is 30.3 Å². The molecule has 4 aromatic rings. The van der Waals surface area contributed by atoms with Crippen LogP contribution < -0.4 is 4.90 Å². The van der Waals surface area contributed by atoms with Crippen molar-refractivity contribution in [2.24, 2.45) is 0 Å². The molecule has 0 spiro atoms. The highest BCUT2D eigenvalue weighted by Crippen LogP contribution is 2.52. The molecular formula is C25H17N3. The van der Waals surface area contributed by atoms with Gasteiger partial charge in [-0.25, -0.2) is 0 Å². The highest BCUT2D eigenvalue weighted by molar-refractivity contribution is 5.92. The van der Waals surface area contributed by atoms with Crippen LogP contribution in [0.2, 0.25) is 0 Å². The maximum Gasteiger partial charge on any atom is 0.0563 e. The van der Waals surface area contributed by atoms with Crippen LogP contribution in [0.25, 0.3) is 11.1 Å². The lowest BCUT2D eigenvalue weighted by atomic mass is 9.85. The summed E-state index contributed by atoms with van der Waals surface area (Å²) in [7, 11) is 0. The number of hydrogen-bond donors (Lipinski definition) is 0. The van der Waals surface area contributed by atoms with Crippen molar-refractivity contribution < 1.29 is 0 Å². The molecule has 0 fully saturated rings.